The van der Waals surface area contributed by atoms with Gasteiger partial charge in [-0.2, -0.15) is 0 Å². The average molecular weight is 295 g/mol. The number of aromatic nitrogens is 2. The smallest absolute Gasteiger partial charge is 0.159 e. The average Bonchev–Trinajstić information content (AvgIpc) is 2.39. The molecule has 0 aliphatic heterocycles. The van der Waals surface area contributed by atoms with E-state index < -0.39 is 0 Å². The van der Waals surface area contributed by atoms with Crippen LogP contribution in [0.5, 0.6) is 5.75 Å². The Balaban J connectivity index is 2.31. The largest absolute Gasteiger partial charge is 0.495 e. The molecule has 0 bridgehead atoms. The molecule has 0 aliphatic rings. The third-order valence-corrected chi connectivity index (χ3v) is 2.83. The van der Waals surface area contributed by atoms with E-state index in [2.05, 4.69) is 15.3 Å². The number of nitrogens with zero attached hydrogens (tertiary/aromatic N) is 2. The van der Waals surface area contributed by atoms with Crippen molar-refractivity contribution in [3.8, 4) is 5.75 Å². The minimum absolute atomic E-state index is 0.176. The number of methoxy groups -OCH3 is 1. The molecule has 3 N–H and O–H groups in total. The van der Waals surface area contributed by atoms with Gasteiger partial charge in [-0.25, -0.2) is 9.97 Å². The number of hydrogen-bond donors (Lipinski definition) is 2. The zero-order chi connectivity index (χ0) is 13.8. The molecular formula is C12H11ClN4OS. The van der Waals surface area contributed by atoms with Crippen molar-refractivity contribution in [3.05, 3.63) is 41.3 Å². The summed E-state index contributed by atoms with van der Waals surface area (Å²) in [5, 5.41) is 3.56. The monoisotopic (exact) mass is 294 g/mol. The number of nitrogens with two attached hydrogens (primary N) is 1. The van der Waals surface area contributed by atoms with Crippen LogP contribution in [-0.2, 0) is 0 Å². The number of anilines is 2. The van der Waals surface area contributed by atoms with Crippen LogP contribution in [-0.4, -0.2) is 22.1 Å². The van der Waals surface area contributed by atoms with Crippen LogP contribution in [0.4, 0.5) is 11.5 Å². The second-order valence-electron chi connectivity index (χ2n) is 3.59. The Bertz CT molecular complexity index is 620. The lowest BCUT2D eigenvalue weighted by atomic mass is 10.3. The summed E-state index contributed by atoms with van der Waals surface area (Å²) in [5.41, 5.74) is 6.76. The molecule has 1 aromatic carbocycles. The third-order valence-electron chi connectivity index (χ3n) is 2.35. The maximum atomic E-state index is 6.05. The van der Waals surface area contributed by atoms with Gasteiger partial charge in [-0.15, -0.1) is 0 Å². The van der Waals surface area contributed by atoms with Crippen molar-refractivity contribution >= 4 is 40.3 Å². The molecule has 98 valence electrons. The Morgan fingerprint density at radius 3 is 2.74 bits per heavy atom. The van der Waals surface area contributed by atoms with Gasteiger partial charge in [0.05, 0.1) is 12.1 Å². The van der Waals surface area contributed by atoms with Gasteiger partial charge < -0.3 is 15.8 Å². The van der Waals surface area contributed by atoms with Gasteiger partial charge in [0.15, 0.2) is 5.82 Å². The summed E-state index contributed by atoms with van der Waals surface area (Å²) in [6.07, 6.45) is 3.08. The predicted octanol–water partition coefficient (Wildman–Crippen LogP) is 2.52. The van der Waals surface area contributed by atoms with Crippen molar-refractivity contribution in [1.82, 2.24) is 9.97 Å². The van der Waals surface area contributed by atoms with Gasteiger partial charge in [0.1, 0.15) is 16.4 Å². The first-order valence-electron chi connectivity index (χ1n) is 5.33. The molecule has 0 aliphatic carbocycles. The normalized spacial score (nSPS) is 10.0. The number of ether oxygens (including phenoxy) is 1. The van der Waals surface area contributed by atoms with E-state index >= 15 is 0 Å². The van der Waals surface area contributed by atoms with Crippen molar-refractivity contribution in [1.29, 1.82) is 0 Å². The van der Waals surface area contributed by atoms with Gasteiger partial charge in [0.2, 0.25) is 0 Å². The molecule has 1 aromatic heterocycles. The van der Waals surface area contributed by atoms with E-state index in [9.17, 15) is 0 Å². The highest BCUT2D eigenvalue weighted by atomic mass is 35.5. The summed E-state index contributed by atoms with van der Waals surface area (Å²) in [5.74, 6) is 1.08. The molecule has 2 aromatic rings. The topological polar surface area (TPSA) is 73.1 Å². The summed E-state index contributed by atoms with van der Waals surface area (Å²) < 4.78 is 5.08. The van der Waals surface area contributed by atoms with Gasteiger partial charge in [-0.1, -0.05) is 23.8 Å². The van der Waals surface area contributed by atoms with Gasteiger partial charge in [-0.3, -0.25) is 0 Å². The first-order valence-corrected chi connectivity index (χ1v) is 6.12. The Kier molecular flexibility index (Phi) is 4.13. The van der Waals surface area contributed by atoms with Crippen molar-refractivity contribution in [2.45, 2.75) is 0 Å². The van der Waals surface area contributed by atoms with Gasteiger partial charge in [-0.05, 0) is 18.2 Å². The highest BCUT2D eigenvalue weighted by molar-refractivity contribution is 7.80. The molecule has 0 fully saturated rings. The molecule has 0 radical (unpaired) electrons. The van der Waals surface area contributed by atoms with Crippen molar-refractivity contribution in [2.75, 3.05) is 12.4 Å². The molecule has 19 heavy (non-hydrogen) atoms. The van der Waals surface area contributed by atoms with Crippen LogP contribution in [0.2, 0.25) is 5.02 Å². The molecule has 0 spiro atoms. The van der Waals surface area contributed by atoms with Crippen molar-refractivity contribution in [3.63, 3.8) is 0 Å². The maximum Gasteiger partial charge on any atom is 0.159 e. The Morgan fingerprint density at radius 2 is 2.11 bits per heavy atom. The second kappa shape index (κ2) is 5.81. The van der Waals surface area contributed by atoms with E-state index in [1.807, 2.05) is 6.07 Å². The van der Waals surface area contributed by atoms with Gasteiger partial charge in [0, 0.05) is 18.1 Å². The maximum absolute atomic E-state index is 6.05. The Hall–Kier alpha value is -1.92. The summed E-state index contributed by atoms with van der Waals surface area (Å²) in [7, 11) is 1.56. The number of thiocarbonyl (C=S) groups is 1. The standard InChI is InChI=1S/C12H11ClN4OS/c1-18-9-3-2-7(6-8(9)13)17-12-10(11(14)19)15-4-5-16-12/h2-6H,1H3,(H2,14,19)(H,16,17). The zero-order valence-corrected chi connectivity index (χ0v) is 11.6. The van der Waals surface area contributed by atoms with E-state index in [4.69, 9.17) is 34.3 Å². The summed E-state index contributed by atoms with van der Waals surface area (Å²) in [6.45, 7) is 0. The summed E-state index contributed by atoms with van der Waals surface area (Å²) in [6, 6.07) is 5.28. The van der Waals surface area contributed by atoms with Crippen LogP contribution in [0.15, 0.2) is 30.6 Å². The van der Waals surface area contributed by atoms with Crippen LogP contribution >= 0.6 is 23.8 Å². The van der Waals surface area contributed by atoms with E-state index in [1.54, 1.807) is 25.4 Å². The number of rotatable bonds is 4. The molecule has 5 nitrogen and oxygen atoms in total. The van der Waals surface area contributed by atoms with Gasteiger partial charge >= 0.3 is 0 Å². The van der Waals surface area contributed by atoms with Crippen LogP contribution in [0.3, 0.4) is 0 Å². The SMILES string of the molecule is COc1ccc(Nc2nccnc2C(N)=S)cc1Cl. The molecule has 7 heteroatoms. The Labute approximate surface area is 120 Å². The van der Waals surface area contributed by atoms with Crippen molar-refractivity contribution < 1.29 is 4.74 Å². The number of benzene rings is 1. The lowest BCUT2D eigenvalue weighted by Gasteiger charge is -2.10. The van der Waals surface area contributed by atoms with E-state index in [0.717, 1.165) is 5.69 Å². The quantitative estimate of drug-likeness (QED) is 0.844. The fourth-order valence-electron chi connectivity index (χ4n) is 1.49. The molecule has 1 heterocycles. The highest BCUT2D eigenvalue weighted by Crippen LogP contribution is 2.28. The lowest BCUT2D eigenvalue weighted by Crippen LogP contribution is -2.14. The zero-order valence-electron chi connectivity index (χ0n) is 10.1. The minimum atomic E-state index is 0.176. The highest BCUT2D eigenvalue weighted by Gasteiger charge is 2.09. The first kappa shape index (κ1) is 13.5. The molecule has 0 saturated carbocycles. The van der Waals surface area contributed by atoms with E-state index in [-0.39, 0.29) is 4.99 Å². The summed E-state index contributed by atoms with van der Waals surface area (Å²) >= 11 is 11.0. The fraction of sp³-hybridized carbons (Fsp3) is 0.0833. The summed E-state index contributed by atoms with van der Waals surface area (Å²) in [4.78, 5) is 8.41. The molecule has 2 rings (SSSR count). The van der Waals surface area contributed by atoms with Crippen molar-refractivity contribution in [2.24, 2.45) is 5.73 Å². The van der Waals surface area contributed by atoms with Gasteiger partial charge in [0.25, 0.3) is 0 Å². The molecule has 0 unspecified atom stereocenters. The molecule has 0 saturated heterocycles. The Morgan fingerprint density at radius 1 is 1.37 bits per heavy atom. The first-order chi connectivity index (χ1) is 9.11. The molecule has 0 amide bonds. The number of nitrogens with one attached hydrogen (secondary N) is 1. The molecular weight excluding hydrogens is 284 g/mol. The second-order valence-corrected chi connectivity index (χ2v) is 4.44. The van der Waals surface area contributed by atoms with Crippen LogP contribution in [0.25, 0.3) is 0 Å². The lowest BCUT2D eigenvalue weighted by molar-refractivity contribution is 0.415. The fourth-order valence-corrected chi connectivity index (χ4v) is 1.90. The molecule has 0 atom stereocenters. The van der Waals surface area contributed by atoms with E-state index in [1.165, 1.54) is 6.20 Å². The van der Waals surface area contributed by atoms with Crippen LogP contribution < -0.4 is 15.8 Å². The predicted molar refractivity (Wildman–Crippen MR) is 79.2 cm³/mol. The van der Waals surface area contributed by atoms with Crippen LogP contribution in [0.1, 0.15) is 5.69 Å². The number of hydrogen-bond acceptors (Lipinski definition) is 5. The van der Waals surface area contributed by atoms with E-state index in [0.29, 0.717) is 22.3 Å². The minimum Gasteiger partial charge on any atom is -0.495 e. The third kappa shape index (κ3) is 3.10. The number of halogens is 1. The van der Waals surface area contributed by atoms with Crippen LogP contribution in [0, 0.1) is 0 Å².